The van der Waals surface area contributed by atoms with Crippen molar-refractivity contribution in [1.29, 1.82) is 0 Å². The molecule has 0 fully saturated rings. The van der Waals surface area contributed by atoms with Gasteiger partial charge in [-0.1, -0.05) is 49.6 Å². The highest BCUT2D eigenvalue weighted by Crippen LogP contribution is 2.12. The molecule has 1 rings (SSSR count). The lowest BCUT2D eigenvalue weighted by atomic mass is 10.0. The molecule has 0 radical (unpaired) electrons. The highest BCUT2D eigenvalue weighted by Gasteiger charge is 2.09. The van der Waals surface area contributed by atoms with Crippen molar-refractivity contribution in [2.24, 2.45) is 0 Å². The van der Waals surface area contributed by atoms with Crippen LogP contribution in [0, 0.1) is 0 Å². The number of unbranched alkanes of at least 4 members (excludes halogenated alkanes) is 2. The van der Waals surface area contributed by atoms with Crippen molar-refractivity contribution < 1.29 is 9.90 Å². The zero-order chi connectivity index (χ0) is 15.0. The van der Waals surface area contributed by atoms with E-state index in [1.807, 2.05) is 26.0 Å². The maximum Gasteiger partial charge on any atom is 0.411 e. The van der Waals surface area contributed by atoms with Crippen molar-refractivity contribution in [1.82, 2.24) is 4.90 Å². The Bertz CT molecular complexity index is 462. The normalized spacial score (nSPS) is 10.2. The van der Waals surface area contributed by atoms with Crippen molar-refractivity contribution in [3.05, 3.63) is 47.2 Å². The molecule has 110 valence electrons. The summed E-state index contributed by atoms with van der Waals surface area (Å²) in [5, 5.41) is 9.21. The number of amides is 1. The second-order valence-corrected chi connectivity index (χ2v) is 5.39. The third kappa shape index (κ3) is 5.91. The van der Waals surface area contributed by atoms with Crippen molar-refractivity contribution in [2.45, 2.75) is 53.0 Å². The van der Waals surface area contributed by atoms with E-state index in [4.69, 9.17) is 0 Å². The quantitative estimate of drug-likeness (QED) is 0.724. The van der Waals surface area contributed by atoms with Gasteiger partial charge < -0.3 is 5.11 Å². The molecule has 0 aromatic heterocycles. The zero-order valence-electron chi connectivity index (χ0n) is 12.7. The van der Waals surface area contributed by atoms with Crippen LogP contribution in [-0.2, 0) is 13.0 Å². The zero-order valence-corrected chi connectivity index (χ0v) is 12.7. The van der Waals surface area contributed by atoms with Crippen LogP contribution in [0.3, 0.4) is 0 Å². The highest BCUT2D eigenvalue weighted by molar-refractivity contribution is 5.66. The van der Waals surface area contributed by atoms with E-state index in [9.17, 15) is 9.90 Å². The fraction of sp³-hybridized carbons (Fsp3) is 0.471. The summed E-state index contributed by atoms with van der Waals surface area (Å²) in [5.41, 5.74) is 3.31. The standard InChI is InChI=1S/C17H25NO2/c1-4-5-6-8-15-9-7-10-16(11-15)13-18(17(19)20)12-14(2)3/h7,9-12H,4-6,8,13H2,1-3H3,(H,19,20). The van der Waals surface area contributed by atoms with Crippen LogP contribution in [0.4, 0.5) is 4.79 Å². The molecular weight excluding hydrogens is 250 g/mol. The number of benzene rings is 1. The average Bonchev–Trinajstić information content (AvgIpc) is 2.38. The fourth-order valence-electron chi connectivity index (χ4n) is 2.14. The maximum atomic E-state index is 11.2. The Balaban J connectivity index is 2.73. The predicted molar refractivity (Wildman–Crippen MR) is 82.7 cm³/mol. The first-order valence-corrected chi connectivity index (χ1v) is 7.25. The first kappa shape index (κ1) is 16.3. The molecule has 3 heteroatoms. The lowest BCUT2D eigenvalue weighted by Crippen LogP contribution is -2.23. The molecule has 0 bridgehead atoms. The molecule has 0 heterocycles. The molecule has 0 saturated carbocycles. The molecule has 0 unspecified atom stereocenters. The maximum absolute atomic E-state index is 11.2. The molecule has 1 aromatic rings. The monoisotopic (exact) mass is 275 g/mol. The minimum absolute atomic E-state index is 0.405. The van der Waals surface area contributed by atoms with Gasteiger partial charge in [0.05, 0.1) is 6.54 Å². The molecule has 3 nitrogen and oxygen atoms in total. The molecule has 1 aromatic carbocycles. The summed E-state index contributed by atoms with van der Waals surface area (Å²) in [4.78, 5) is 12.6. The van der Waals surface area contributed by atoms with Crippen LogP contribution in [0.25, 0.3) is 0 Å². The molecule has 0 atom stereocenters. The van der Waals surface area contributed by atoms with Gasteiger partial charge in [0.2, 0.25) is 0 Å². The number of allylic oxidation sites excluding steroid dienone is 1. The van der Waals surface area contributed by atoms with E-state index in [1.165, 1.54) is 29.7 Å². The number of aryl methyl sites for hydroxylation is 1. The van der Waals surface area contributed by atoms with Crippen LogP contribution < -0.4 is 0 Å². The fourth-order valence-corrected chi connectivity index (χ4v) is 2.14. The van der Waals surface area contributed by atoms with E-state index >= 15 is 0 Å². The van der Waals surface area contributed by atoms with Crippen LogP contribution in [0.5, 0.6) is 0 Å². The number of hydrogen-bond donors (Lipinski definition) is 1. The van der Waals surface area contributed by atoms with Gasteiger partial charge in [-0.15, -0.1) is 0 Å². The summed E-state index contributed by atoms with van der Waals surface area (Å²) in [6, 6.07) is 8.23. The van der Waals surface area contributed by atoms with Gasteiger partial charge in [-0.3, -0.25) is 4.90 Å². The van der Waals surface area contributed by atoms with Crippen LogP contribution in [-0.4, -0.2) is 16.1 Å². The molecule has 0 aliphatic rings. The molecule has 0 saturated heterocycles. The summed E-state index contributed by atoms with van der Waals surface area (Å²) < 4.78 is 0. The highest BCUT2D eigenvalue weighted by atomic mass is 16.4. The lowest BCUT2D eigenvalue weighted by molar-refractivity contribution is 0.160. The summed E-state index contributed by atoms with van der Waals surface area (Å²) in [5.74, 6) is 0. The number of nitrogens with zero attached hydrogens (tertiary/aromatic N) is 1. The third-order valence-corrected chi connectivity index (χ3v) is 3.07. The summed E-state index contributed by atoms with van der Waals surface area (Å²) in [7, 11) is 0. The van der Waals surface area contributed by atoms with Crippen molar-refractivity contribution in [2.75, 3.05) is 0 Å². The Morgan fingerprint density at radius 2 is 1.95 bits per heavy atom. The topological polar surface area (TPSA) is 40.5 Å². The van der Waals surface area contributed by atoms with E-state index in [1.54, 1.807) is 6.20 Å². The summed E-state index contributed by atoms with van der Waals surface area (Å²) in [6.45, 7) is 6.40. The third-order valence-electron chi connectivity index (χ3n) is 3.07. The van der Waals surface area contributed by atoms with Gasteiger partial charge in [0, 0.05) is 6.20 Å². The Hall–Kier alpha value is -1.77. The van der Waals surface area contributed by atoms with Gasteiger partial charge in [0.25, 0.3) is 0 Å². The van der Waals surface area contributed by atoms with Gasteiger partial charge in [-0.2, -0.15) is 0 Å². The Kier molecular flexibility index (Phi) is 6.85. The molecule has 1 N–H and O–H groups in total. The number of hydrogen-bond acceptors (Lipinski definition) is 1. The molecule has 0 aliphatic carbocycles. The first-order chi connectivity index (χ1) is 9.52. The summed E-state index contributed by atoms with van der Waals surface area (Å²) >= 11 is 0. The van der Waals surface area contributed by atoms with Gasteiger partial charge in [0.1, 0.15) is 0 Å². The van der Waals surface area contributed by atoms with Crippen LogP contribution >= 0.6 is 0 Å². The SMILES string of the molecule is CCCCCc1cccc(CN(C=C(C)C)C(=O)O)c1. The molecule has 1 amide bonds. The Labute approximate surface area is 121 Å². The Morgan fingerprint density at radius 3 is 2.55 bits per heavy atom. The second kappa shape index (κ2) is 8.41. The van der Waals surface area contributed by atoms with Gasteiger partial charge in [-0.25, -0.2) is 4.79 Å². The lowest BCUT2D eigenvalue weighted by Gasteiger charge is -2.16. The number of carboxylic acid groups (broad SMARTS) is 1. The smallest absolute Gasteiger partial charge is 0.411 e. The molecule has 0 spiro atoms. The first-order valence-electron chi connectivity index (χ1n) is 7.25. The minimum Gasteiger partial charge on any atom is -0.465 e. The van der Waals surface area contributed by atoms with E-state index in [2.05, 4.69) is 19.1 Å². The van der Waals surface area contributed by atoms with Gasteiger partial charge >= 0.3 is 6.09 Å². The Morgan fingerprint density at radius 1 is 1.25 bits per heavy atom. The van der Waals surface area contributed by atoms with Gasteiger partial charge in [-0.05, 0) is 37.8 Å². The van der Waals surface area contributed by atoms with Crippen LogP contribution in [0.1, 0.15) is 51.2 Å². The predicted octanol–water partition coefficient (Wildman–Crippen LogP) is 4.82. The van der Waals surface area contributed by atoms with Crippen molar-refractivity contribution >= 4 is 6.09 Å². The van der Waals surface area contributed by atoms with E-state index in [-0.39, 0.29) is 0 Å². The molecule has 0 aliphatic heterocycles. The van der Waals surface area contributed by atoms with E-state index in [0.29, 0.717) is 6.54 Å². The molecular formula is C17H25NO2. The summed E-state index contributed by atoms with van der Waals surface area (Å²) in [6.07, 6.45) is 5.47. The van der Waals surface area contributed by atoms with E-state index < -0.39 is 6.09 Å². The second-order valence-electron chi connectivity index (χ2n) is 5.39. The van der Waals surface area contributed by atoms with Crippen molar-refractivity contribution in [3.63, 3.8) is 0 Å². The minimum atomic E-state index is -0.914. The number of rotatable bonds is 7. The van der Waals surface area contributed by atoms with Crippen molar-refractivity contribution in [3.8, 4) is 0 Å². The van der Waals surface area contributed by atoms with Crippen LogP contribution in [0.15, 0.2) is 36.0 Å². The number of carbonyl (C=O) groups is 1. The van der Waals surface area contributed by atoms with Gasteiger partial charge in [0.15, 0.2) is 0 Å². The van der Waals surface area contributed by atoms with Crippen LogP contribution in [0.2, 0.25) is 0 Å². The largest absolute Gasteiger partial charge is 0.465 e. The van der Waals surface area contributed by atoms with E-state index in [0.717, 1.165) is 17.6 Å². The molecule has 20 heavy (non-hydrogen) atoms. The average molecular weight is 275 g/mol.